The summed E-state index contributed by atoms with van der Waals surface area (Å²) in [4.78, 5) is 11.7. The maximum Gasteiger partial charge on any atom is 0.231 e. The molecule has 0 aliphatic heterocycles. The summed E-state index contributed by atoms with van der Waals surface area (Å²) < 4.78 is 0. The van der Waals surface area contributed by atoms with Crippen LogP contribution in [-0.2, 0) is 4.79 Å². The van der Waals surface area contributed by atoms with Crippen LogP contribution in [-0.4, -0.2) is 28.5 Å². The fourth-order valence-corrected chi connectivity index (χ4v) is 2.50. The van der Waals surface area contributed by atoms with Gasteiger partial charge >= 0.3 is 0 Å². The summed E-state index contributed by atoms with van der Waals surface area (Å²) in [5.74, 6) is 1.35. The smallest absolute Gasteiger partial charge is 0.231 e. The summed E-state index contributed by atoms with van der Waals surface area (Å²) in [6.45, 7) is 5.67. The van der Waals surface area contributed by atoms with E-state index in [0.29, 0.717) is 11.7 Å². The van der Waals surface area contributed by atoms with Crippen LogP contribution in [0.4, 0.5) is 0 Å². The van der Waals surface area contributed by atoms with E-state index < -0.39 is 5.54 Å². The number of carbonyl (C=O) groups is 1. The van der Waals surface area contributed by atoms with E-state index >= 15 is 0 Å². The van der Waals surface area contributed by atoms with Crippen LogP contribution < -0.4 is 11.1 Å². The lowest BCUT2D eigenvalue weighted by molar-refractivity contribution is -0.119. The van der Waals surface area contributed by atoms with Gasteiger partial charge in [0, 0.05) is 11.3 Å². The molecule has 0 spiro atoms. The van der Waals surface area contributed by atoms with Gasteiger partial charge in [-0.1, -0.05) is 0 Å². The molecular weight excluding hydrogens is 234 g/mol. The van der Waals surface area contributed by atoms with Gasteiger partial charge in [-0.3, -0.25) is 4.79 Å². The van der Waals surface area contributed by atoms with Crippen molar-refractivity contribution in [1.82, 2.24) is 5.32 Å². The molecule has 0 heterocycles. The molecule has 0 aromatic rings. The van der Waals surface area contributed by atoms with Gasteiger partial charge in [-0.25, -0.2) is 0 Å². The first-order chi connectivity index (χ1) is 7.77. The molecule has 1 aliphatic carbocycles. The highest BCUT2D eigenvalue weighted by molar-refractivity contribution is 8.00. The van der Waals surface area contributed by atoms with Gasteiger partial charge in [0.05, 0.1) is 11.8 Å². The highest BCUT2D eigenvalue weighted by atomic mass is 32.2. The average Bonchev–Trinajstić information content (AvgIpc) is 2.98. The number of nitrogens with two attached hydrogens (primary N) is 1. The summed E-state index contributed by atoms with van der Waals surface area (Å²) in [5.41, 5.74) is 4.88. The fourth-order valence-electron chi connectivity index (χ4n) is 1.61. The lowest BCUT2D eigenvalue weighted by Gasteiger charge is -2.23. The van der Waals surface area contributed by atoms with Crippen LogP contribution in [0.25, 0.3) is 0 Å². The Hall–Kier alpha value is -0.730. The van der Waals surface area contributed by atoms with Crippen molar-refractivity contribution in [2.45, 2.75) is 44.7 Å². The summed E-state index contributed by atoms with van der Waals surface area (Å²) in [5, 5.41) is 11.9. The number of hydrogen-bond acceptors (Lipinski definition) is 4. The van der Waals surface area contributed by atoms with Crippen molar-refractivity contribution >= 4 is 17.7 Å². The van der Waals surface area contributed by atoms with Gasteiger partial charge in [-0.15, -0.1) is 0 Å². The molecule has 5 heteroatoms. The normalized spacial score (nSPS) is 19.2. The predicted octanol–water partition coefficient (Wildman–Crippen LogP) is 1.27. The van der Waals surface area contributed by atoms with Crippen LogP contribution in [0.1, 0.15) is 33.6 Å². The van der Waals surface area contributed by atoms with Gasteiger partial charge in [0.25, 0.3) is 0 Å². The Morgan fingerprint density at radius 3 is 2.53 bits per heavy atom. The van der Waals surface area contributed by atoms with Crippen molar-refractivity contribution in [3.05, 3.63) is 0 Å². The molecule has 1 atom stereocenters. The molecule has 1 aliphatic rings. The maximum absolute atomic E-state index is 11.7. The Morgan fingerprint density at radius 1 is 1.53 bits per heavy atom. The van der Waals surface area contributed by atoms with Crippen LogP contribution in [0.5, 0.6) is 0 Å². The minimum atomic E-state index is -0.685. The van der Waals surface area contributed by atoms with E-state index in [4.69, 9.17) is 11.0 Å². The first kappa shape index (κ1) is 14.3. The highest BCUT2D eigenvalue weighted by Crippen LogP contribution is 2.39. The average molecular weight is 255 g/mol. The molecule has 1 amide bonds. The molecule has 1 saturated carbocycles. The topological polar surface area (TPSA) is 78.9 Å². The van der Waals surface area contributed by atoms with E-state index in [1.165, 1.54) is 11.8 Å². The molecule has 0 aromatic heterocycles. The molecule has 0 bridgehead atoms. The van der Waals surface area contributed by atoms with Crippen LogP contribution in [0.15, 0.2) is 0 Å². The molecule has 0 saturated heterocycles. The summed E-state index contributed by atoms with van der Waals surface area (Å²) in [6.07, 6.45) is 2.07. The van der Waals surface area contributed by atoms with Crippen molar-refractivity contribution in [3.8, 4) is 6.07 Å². The SMILES string of the molecule is CC(C)(N)CSCC(=O)NC(C)(C#N)C1CC1. The summed E-state index contributed by atoms with van der Waals surface area (Å²) in [7, 11) is 0. The maximum atomic E-state index is 11.7. The van der Waals surface area contributed by atoms with E-state index in [2.05, 4.69) is 11.4 Å². The largest absolute Gasteiger partial charge is 0.337 e. The van der Waals surface area contributed by atoms with Crippen LogP contribution >= 0.6 is 11.8 Å². The molecule has 17 heavy (non-hydrogen) atoms. The standard InChI is InChI=1S/C12H21N3OS/c1-11(2,14)8-17-6-10(16)15-12(3,7-13)9-4-5-9/h9H,4-6,8,14H2,1-3H3,(H,15,16). The Labute approximate surface area is 107 Å². The molecule has 1 fully saturated rings. The third kappa shape index (κ3) is 4.97. The zero-order chi connectivity index (χ0) is 13.1. The van der Waals surface area contributed by atoms with E-state index in [-0.39, 0.29) is 11.4 Å². The minimum absolute atomic E-state index is 0.0739. The highest BCUT2D eigenvalue weighted by Gasteiger charge is 2.42. The number of amides is 1. The number of nitriles is 1. The molecule has 3 N–H and O–H groups in total. The Morgan fingerprint density at radius 2 is 2.12 bits per heavy atom. The van der Waals surface area contributed by atoms with E-state index in [1.54, 1.807) is 6.92 Å². The Bertz CT molecular complexity index is 328. The van der Waals surface area contributed by atoms with Crippen molar-refractivity contribution < 1.29 is 4.79 Å². The molecule has 0 radical (unpaired) electrons. The number of nitrogens with zero attached hydrogens (tertiary/aromatic N) is 1. The van der Waals surface area contributed by atoms with E-state index in [1.807, 2.05) is 13.8 Å². The second-order valence-electron chi connectivity index (χ2n) is 5.62. The second-order valence-corrected chi connectivity index (χ2v) is 6.60. The number of carbonyl (C=O) groups excluding carboxylic acids is 1. The fraction of sp³-hybridized carbons (Fsp3) is 0.833. The van der Waals surface area contributed by atoms with Crippen molar-refractivity contribution in [3.63, 3.8) is 0 Å². The van der Waals surface area contributed by atoms with Crippen molar-refractivity contribution in [2.75, 3.05) is 11.5 Å². The Kier molecular flexibility index (Phi) is 4.45. The quantitative estimate of drug-likeness (QED) is 0.749. The summed E-state index contributed by atoms with van der Waals surface area (Å²) >= 11 is 1.51. The molecule has 0 aromatic carbocycles. The van der Waals surface area contributed by atoms with Gasteiger partial charge < -0.3 is 11.1 Å². The van der Waals surface area contributed by atoms with Crippen LogP contribution in [0, 0.1) is 17.2 Å². The monoisotopic (exact) mass is 255 g/mol. The minimum Gasteiger partial charge on any atom is -0.337 e. The van der Waals surface area contributed by atoms with Gasteiger partial charge in [0.2, 0.25) is 5.91 Å². The van der Waals surface area contributed by atoms with E-state index in [9.17, 15) is 4.79 Å². The lowest BCUT2D eigenvalue weighted by atomic mass is 9.98. The second kappa shape index (κ2) is 5.28. The molecular formula is C12H21N3OS. The molecule has 4 nitrogen and oxygen atoms in total. The zero-order valence-electron chi connectivity index (χ0n) is 10.7. The molecule has 1 unspecified atom stereocenters. The molecule has 96 valence electrons. The Balaban J connectivity index is 2.32. The summed E-state index contributed by atoms with van der Waals surface area (Å²) in [6, 6.07) is 2.21. The van der Waals surface area contributed by atoms with Gasteiger partial charge in [-0.05, 0) is 39.5 Å². The predicted molar refractivity (Wildman–Crippen MR) is 70.5 cm³/mol. The zero-order valence-corrected chi connectivity index (χ0v) is 11.6. The lowest BCUT2D eigenvalue weighted by Crippen LogP contribution is -2.47. The van der Waals surface area contributed by atoms with Crippen LogP contribution in [0.2, 0.25) is 0 Å². The number of thioether (sulfide) groups is 1. The van der Waals surface area contributed by atoms with Crippen LogP contribution in [0.3, 0.4) is 0 Å². The molecule has 1 rings (SSSR count). The van der Waals surface area contributed by atoms with Crippen molar-refractivity contribution in [1.29, 1.82) is 5.26 Å². The third-order valence-corrected chi connectivity index (χ3v) is 4.15. The van der Waals surface area contributed by atoms with Crippen molar-refractivity contribution in [2.24, 2.45) is 11.7 Å². The number of hydrogen-bond donors (Lipinski definition) is 2. The first-order valence-corrected chi connectivity index (χ1v) is 7.01. The van der Waals surface area contributed by atoms with Gasteiger partial charge in [0.1, 0.15) is 5.54 Å². The first-order valence-electron chi connectivity index (χ1n) is 5.86. The number of rotatable bonds is 6. The van der Waals surface area contributed by atoms with E-state index in [0.717, 1.165) is 18.6 Å². The van der Waals surface area contributed by atoms with Gasteiger partial charge in [-0.2, -0.15) is 17.0 Å². The third-order valence-electron chi connectivity index (χ3n) is 2.73. The number of nitrogens with one attached hydrogen (secondary N) is 1. The van der Waals surface area contributed by atoms with Gasteiger partial charge in [0.15, 0.2) is 0 Å².